The molecule has 0 aliphatic rings. The third kappa shape index (κ3) is 4.89. The summed E-state index contributed by atoms with van der Waals surface area (Å²) >= 11 is 0. The average molecular weight is 404 g/mol. The minimum Gasteiger partial charge on any atom is -0.366 e. The third-order valence-electron chi connectivity index (χ3n) is 4.51. The van der Waals surface area contributed by atoms with Crippen LogP contribution in [-0.4, -0.2) is 32.5 Å². The predicted octanol–water partition coefficient (Wildman–Crippen LogP) is 2.59. The molecule has 0 fully saturated rings. The van der Waals surface area contributed by atoms with Crippen molar-refractivity contribution in [1.29, 1.82) is 0 Å². The number of nitrogens with two attached hydrogens (primary N) is 1. The molecule has 3 N–H and O–H groups in total. The fourth-order valence-corrected chi connectivity index (χ4v) is 4.07. The lowest BCUT2D eigenvalue weighted by molar-refractivity contribution is -0.117. The van der Waals surface area contributed by atoms with Crippen molar-refractivity contribution in [2.75, 3.05) is 15.9 Å². The van der Waals surface area contributed by atoms with Gasteiger partial charge >= 0.3 is 0 Å². The number of nitrogens with zero attached hydrogens (tertiary/aromatic N) is 1. The number of hydrogen-bond acceptors (Lipinski definition) is 4. The molecule has 0 aromatic heterocycles. The molecule has 28 heavy (non-hydrogen) atoms. The fourth-order valence-electron chi connectivity index (χ4n) is 2.87. The number of carbonyl (C=O) groups is 2. The Morgan fingerprint density at radius 3 is 2.14 bits per heavy atom. The second kappa shape index (κ2) is 8.43. The van der Waals surface area contributed by atoms with E-state index in [9.17, 15) is 18.0 Å². The summed E-state index contributed by atoms with van der Waals surface area (Å²) in [6, 6.07) is 10.4. The number of hydrogen-bond donors (Lipinski definition) is 2. The Labute approximate surface area is 165 Å². The van der Waals surface area contributed by atoms with Gasteiger partial charge in [0.1, 0.15) is 6.04 Å². The molecular weight excluding hydrogens is 378 g/mol. The van der Waals surface area contributed by atoms with Gasteiger partial charge in [-0.05, 0) is 67.8 Å². The van der Waals surface area contributed by atoms with Crippen LogP contribution in [-0.2, 0) is 14.8 Å². The van der Waals surface area contributed by atoms with E-state index in [-0.39, 0.29) is 6.42 Å². The first-order valence-corrected chi connectivity index (χ1v) is 10.7. The topological polar surface area (TPSA) is 110 Å². The molecule has 0 bridgehead atoms. The fraction of sp³-hybridized carbons (Fsp3) is 0.300. The van der Waals surface area contributed by atoms with Gasteiger partial charge in [0.2, 0.25) is 21.8 Å². The molecule has 0 spiro atoms. The second-order valence-electron chi connectivity index (χ2n) is 6.68. The monoisotopic (exact) mass is 403 g/mol. The molecule has 0 heterocycles. The first-order valence-electron chi connectivity index (χ1n) is 8.82. The number of amides is 2. The molecule has 2 amide bonds. The van der Waals surface area contributed by atoms with Gasteiger partial charge in [-0.25, -0.2) is 8.42 Å². The van der Waals surface area contributed by atoms with Gasteiger partial charge in [0.05, 0.1) is 11.9 Å². The molecule has 2 aromatic rings. The molecule has 2 rings (SSSR count). The Kier molecular flexibility index (Phi) is 6.45. The van der Waals surface area contributed by atoms with Gasteiger partial charge in [0, 0.05) is 11.3 Å². The minimum absolute atomic E-state index is 0.283. The maximum absolute atomic E-state index is 12.9. The zero-order valence-corrected chi connectivity index (χ0v) is 17.2. The Bertz CT molecular complexity index is 985. The van der Waals surface area contributed by atoms with E-state index in [4.69, 9.17) is 5.73 Å². The summed E-state index contributed by atoms with van der Waals surface area (Å²) in [7, 11) is -3.70. The Hall–Kier alpha value is -2.87. The minimum atomic E-state index is -3.70. The van der Waals surface area contributed by atoms with E-state index in [0.717, 1.165) is 21.7 Å². The van der Waals surface area contributed by atoms with Crippen molar-refractivity contribution in [3.05, 3.63) is 59.2 Å². The molecule has 0 saturated carbocycles. The van der Waals surface area contributed by atoms with Crippen LogP contribution in [0.1, 0.15) is 34.8 Å². The van der Waals surface area contributed by atoms with E-state index in [0.29, 0.717) is 16.9 Å². The number of primary amides is 1. The Morgan fingerprint density at radius 1 is 1.07 bits per heavy atom. The summed E-state index contributed by atoms with van der Waals surface area (Å²) in [6.07, 6.45) is 1.37. The normalized spacial score (nSPS) is 12.3. The zero-order valence-electron chi connectivity index (χ0n) is 16.4. The van der Waals surface area contributed by atoms with E-state index in [1.54, 1.807) is 31.2 Å². The molecule has 150 valence electrons. The summed E-state index contributed by atoms with van der Waals surface area (Å²) in [4.78, 5) is 24.0. The Morgan fingerprint density at radius 2 is 1.68 bits per heavy atom. The lowest BCUT2D eigenvalue weighted by Crippen LogP contribution is -2.47. The first-order chi connectivity index (χ1) is 13.0. The molecule has 1 atom stereocenters. The van der Waals surface area contributed by atoms with Gasteiger partial charge < -0.3 is 11.1 Å². The van der Waals surface area contributed by atoms with Crippen molar-refractivity contribution in [3.8, 4) is 0 Å². The van der Waals surface area contributed by atoms with E-state index in [1.807, 2.05) is 19.9 Å². The van der Waals surface area contributed by atoms with Crippen LogP contribution >= 0.6 is 0 Å². The highest BCUT2D eigenvalue weighted by atomic mass is 32.2. The second-order valence-corrected chi connectivity index (χ2v) is 8.54. The van der Waals surface area contributed by atoms with Gasteiger partial charge in [-0.15, -0.1) is 0 Å². The van der Waals surface area contributed by atoms with Gasteiger partial charge in [-0.1, -0.05) is 13.0 Å². The van der Waals surface area contributed by atoms with E-state index in [1.165, 1.54) is 12.1 Å². The van der Waals surface area contributed by atoms with Crippen LogP contribution in [0.4, 0.5) is 11.4 Å². The Balaban J connectivity index is 2.35. The summed E-state index contributed by atoms with van der Waals surface area (Å²) in [5, 5.41) is 2.71. The summed E-state index contributed by atoms with van der Waals surface area (Å²) in [5.41, 5.74) is 8.38. The lowest BCUT2D eigenvalue weighted by atomic mass is 10.1. The van der Waals surface area contributed by atoms with Crippen LogP contribution in [0.3, 0.4) is 0 Å². The number of benzene rings is 2. The van der Waals surface area contributed by atoms with Crippen LogP contribution in [0.5, 0.6) is 0 Å². The number of aryl methyl sites for hydroxylation is 2. The maximum atomic E-state index is 12.9. The van der Waals surface area contributed by atoms with Crippen molar-refractivity contribution >= 4 is 33.2 Å². The van der Waals surface area contributed by atoms with E-state index in [2.05, 4.69) is 5.32 Å². The van der Waals surface area contributed by atoms with Crippen molar-refractivity contribution in [2.24, 2.45) is 5.73 Å². The molecule has 7 nitrogen and oxygen atoms in total. The third-order valence-corrected chi connectivity index (χ3v) is 5.69. The highest BCUT2D eigenvalue weighted by Crippen LogP contribution is 2.25. The van der Waals surface area contributed by atoms with Crippen molar-refractivity contribution in [2.45, 2.75) is 33.2 Å². The van der Waals surface area contributed by atoms with Crippen LogP contribution in [0, 0.1) is 13.8 Å². The van der Waals surface area contributed by atoms with Gasteiger partial charge in [-0.2, -0.15) is 0 Å². The molecule has 0 unspecified atom stereocenters. The van der Waals surface area contributed by atoms with Crippen LogP contribution in [0.25, 0.3) is 0 Å². The number of nitrogens with one attached hydrogen (secondary N) is 1. The van der Waals surface area contributed by atoms with Crippen molar-refractivity contribution in [1.82, 2.24) is 0 Å². The van der Waals surface area contributed by atoms with Crippen molar-refractivity contribution in [3.63, 3.8) is 0 Å². The summed E-state index contributed by atoms with van der Waals surface area (Å²) in [6.45, 7) is 5.57. The largest absolute Gasteiger partial charge is 0.366 e. The number of sulfonamides is 1. The van der Waals surface area contributed by atoms with E-state index >= 15 is 0 Å². The van der Waals surface area contributed by atoms with Gasteiger partial charge in [0.15, 0.2) is 0 Å². The van der Waals surface area contributed by atoms with Gasteiger partial charge in [0.25, 0.3) is 0 Å². The number of carbonyl (C=O) groups excluding carboxylic acids is 2. The summed E-state index contributed by atoms with van der Waals surface area (Å²) in [5.74, 6) is -1.03. The predicted molar refractivity (Wildman–Crippen MR) is 111 cm³/mol. The molecule has 8 heteroatoms. The highest BCUT2D eigenvalue weighted by Gasteiger charge is 2.31. The lowest BCUT2D eigenvalue weighted by Gasteiger charge is -2.30. The number of anilines is 2. The summed E-state index contributed by atoms with van der Waals surface area (Å²) < 4.78 is 26.1. The molecule has 0 saturated heterocycles. The first kappa shape index (κ1) is 21.4. The molecule has 0 aliphatic carbocycles. The smallest absolute Gasteiger partial charge is 0.248 e. The quantitative estimate of drug-likeness (QED) is 0.740. The van der Waals surface area contributed by atoms with E-state index < -0.39 is 27.9 Å². The van der Waals surface area contributed by atoms with Crippen LogP contribution < -0.4 is 15.4 Å². The molecule has 0 radical (unpaired) electrons. The number of rotatable bonds is 7. The average Bonchev–Trinajstić information content (AvgIpc) is 2.61. The molecule has 2 aromatic carbocycles. The zero-order chi connectivity index (χ0) is 21.1. The SMILES string of the molecule is CC[C@H](C(=O)Nc1ccc(C(N)=O)cc1)N(c1ccc(C)c(C)c1)S(C)(=O)=O. The van der Waals surface area contributed by atoms with Crippen LogP contribution in [0.15, 0.2) is 42.5 Å². The molecular formula is C20H25N3O4S. The highest BCUT2D eigenvalue weighted by molar-refractivity contribution is 7.92. The maximum Gasteiger partial charge on any atom is 0.248 e. The van der Waals surface area contributed by atoms with Crippen LogP contribution in [0.2, 0.25) is 0 Å². The molecule has 0 aliphatic heterocycles. The van der Waals surface area contributed by atoms with Gasteiger partial charge in [-0.3, -0.25) is 13.9 Å². The van der Waals surface area contributed by atoms with Crippen molar-refractivity contribution < 1.29 is 18.0 Å². The standard InChI is InChI=1S/C20H25N3O4S/c1-5-18(20(25)22-16-9-7-15(8-10-16)19(21)24)23(28(4,26)27)17-11-6-13(2)14(3)12-17/h6-12,18H,5H2,1-4H3,(H2,21,24)(H,22,25)/t18-/m1/s1.